The van der Waals surface area contributed by atoms with Crippen LogP contribution in [0.25, 0.3) is 11.1 Å². The maximum Gasteiger partial charge on any atom is 0.419 e. The van der Waals surface area contributed by atoms with Crippen LogP contribution in [0.4, 0.5) is 17.6 Å². The third-order valence-electron chi connectivity index (χ3n) is 3.16. The van der Waals surface area contributed by atoms with E-state index in [4.69, 9.17) is 10.00 Å². The SMILES string of the molecule is COc1cc(-c2cc(C)[nH]c(=O)c2C#N)c(F)c(C(F)(F)F)c1. The van der Waals surface area contributed by atoms with Gasteiger partial charge in [0.25, 0.3) is 5.56 Å². The maximum atomic E-state index is 14.4. The summed E-state index contributed by atoms with van der Waals surface area (Å²) in [6.45, 7) is 1.47. The predicted octanol–water partition coefficient (Wildman–Crippen LogP) is 3.39. The lowest BCUT2D eigenvalue weighted by molar-refractivity contribution is -0.140. The van der Waals surface area contributed by atoms with Crippen LogP contribution in [0, 0.1) is 24.1 Å². The van der Waals surface area contributed by atoms with Gasteiger partial charge in [0.15, 0.2) is 0 Å². The van der Waals surface area contributed by atoms with E-state index in [9.17, 15) is 22.4 Å². The first-order chi connectivity index (χ1) is 10.7. The third kappa shape index (κ3) is 3.04. The molecule has 0 saturated carbocycles. The summed E-state index contributed by atoms with van der Waals surface area (Å²) in [6, 6.07) is 4.35. The van der Waals surface area contributed by atoms with Gasteiger partial charge in [0.05, 0.1) is 12.7 Å². The lowest BCUT2D eigenvalue weighted by atomic mass is 9.97. The standard InChI is InChI=1S/C15H10F4N2O2/c1-7-3-9(11(6-20)14(22)21-7)10-4-8(23-2)5-12(13(10)16)15(17,18)19/h3-5H,1-2H3,(H,21,22). The molecular weight excluding hydrogens is 316 g/mol. The van der Waals surface area contributed by atoms with Crippen LogP contribution in [0.15, 0.2) is 23.0 Å². The lowest BCUT2D eigenvalue weighted by Crippen LogP contribution is -2.14. The van der Waals surface area contributed by atoms with Crippen molar-refractivity contribution in [3.8, 4) is 22.9 Å². The van der Waals surface area contributed by atoms with Crippen LogP contribution < -0.4 is 10.3 Å². The van der Waals surface area contributed by atoms with Crippen LogP contribution in [-0.4, -0.2) is 12.1 Å². The molecule has 0 aliphatic heterocycles. The summed E-state index contributed by atoms with van der Waals surface area (Å²) >= 11 is 0. The zero-order valence-electron chi connectivity index (χ0n) is 12.0. The van der Waals surface area contributed by atoms with Crippen LogP contribution in [0.2, 0.25) is 0 Å². The molecule has 0 amide bonds. The number of aromatic amines is 1. The second-order valence-electron chi connectivity index (χ2n) is 4.72. The molecule has 1 N–H and O–H groups in total. The zero-order chi connectivity index (χ0) is 17.4. The highest BCUT2D eigenvalue weighted by atomic mass is 19.4. The van der Waals surface area contributed by atoms with Gasteiger partial charge in [-0.2, -0.15) is 18.4 Å². The zero-order valence-corrected chi connectivity index (χ0v) is 12.0. The number of aromatic nitrogens is 1. The average molecular weight is 326 g/mol. The number of aryl methyl sites for hydroxylation is 1. The molecule has 0 fully saturated rings. The van der Waals surface area contributed by atoms with Crippen molar-refractivity contribution in [1.29, 1.82) is 5.26 Å². The first-order valence-corrected chi connectivity index (χ1v) is 6.28. The number of ether oxygens (including phenoxy) is 1. The van der Waals surface area contributed by atoms with E-state index in [-0.39, 0.29) is 17.0 Å². The first-order valence-electron chi connectivity index (χ1n) is 6.28. The van der Waals surface area contributed by atoms with Crippen molar-refractivity contribution in [2.45, 2.75) is 13.1 Å². The fourth-order valence-electron chi connectivity index (χ4n) is 2.13. The molecule has 8 heteroatoms. The molecule has 0 saturated heterocycles. The number of pyridine rings is 1. The summed E-state index contributed by atoms with van der Waals surface area (Å²) in [5.41, 5.74) is -3.29. The molecule has 4 nitrogen and oxygen atoms in total. The highest BCUT2D eigenvalue weighted by molar-refractivity contribution is 5.73. The molecule has 1 aromatic heterocycles. The third-order valence-corrected chi connectivity index (χ3v) is 3.16. The van der Waals surface area contributed by atoms with Gasteiger partial charge in [-0.05, 0) is 25.1 Å². The van der Waals surface area contributed by atoms with E-state index in [1.807, 2.05) is 0 Å². The average Bonchev–Trinajstić information content (AvgIpc) is 2.45. The van der Waals surface area contributed by atoms with E-state index >= 15 is 0 Å². The molecule has 1 heterocycles. The molecule has 2 rings (SSSR count). The van der Waals surface area contributed by atoms with Crippen molar-refractivity contribution in [3.05, 3.63) is 51.2 Å². The number of nitrogens with zero attached hydrogens (tertiary/aromatic N) is 1. The Labute approximate surface area is 127 Å². The Kier molecular flexibility index (Phi) is 4.14. The van der Waals surface area contributed by atoms with Gasteiger partial charge in [0, 0.05) is 16.8 Å². The van der Waals surface area contributed by atoms with Crippen molar-refractivity contribution < 1.29 is 22.3 Å². The van der Waals surface area contributed by atoms with Crippen LogP contribution in [0.1, 0.15) is 16.8 Å². The van der Waals surface area contributed by atoms with Crippen LogP contribution in [0.3, 0.4) is 0 Å². The molecule has 0 aliphatic rings. The fraction of sp³-hybridized carbons (Fsp3) is 0.200. The maximum absolute atomic E-state index is 14.4. The van der Waals surface area contributed by atoms with Crippen molar-refractivity contribution in [2.24, 2.45) is 0 Å². The number of nitriles is 1. The summed E-state index contributed by atoms with van der Waals surface area (Å²) in [6.07, 6.45) is -4.95. The number of halogens is 4. The number of methoxy groups -OCH3 is 1. The number of H-pyrrole nitrogens is 1. The molecule has 0 unspecified atom stereocenters. The van der Waals surface area contributed by atoms with Crippen LogP contribution >= 0.6 is 0 Å². The van der Waals surface area contributed by atoms with Crippen LogP contribution in [-0.2, 0) is 6.18 Å². The van der Waals surface area contributed by atoms with Gasteiger partial charge in [-0.3, -0.25) is 4.79 Å². The molecule has 120 valence electrons. The van der Waals surface area contributed by atoms with Gasteiger partial charge in [0.1, 0.15) is 23.2 Å². The van der Waals surface area contributed by atoms with Gasteiger partial charge in [0.2, 0.25) is 0 Å². The Morgan fingerprint density at radius 3 is 2.39 bits per heavy atom. The normalized spacial score (nSPS) is 11.2. The van der Waals surface area contributed by atoms with Gasteiger partial charge in [-0.15, -0.1) is 0 Å². The Morgan fingerprint density at radius 1 is 1.22 bits per heavy atom. The van der Waals surface area contributed by atoms with Gasteiger partial charge in [-0.1, -0.05) is 0 Å². The van der Waals surface area contributed by atoms with E-state index in [1.165, 1.54) is 13.0 Å². The summed E-state index contributed by atoms with van der Waals surface area (Å²) < 4.78 is 58.0. The number of hydrogen-bond donors (Lipinski definition) is 1. The highest BCUT2D eigenvalue weighted by Crippen LogP contribution is 2.39. The van der Waals surface area contributed by atoms with Gasteiger partial charge >= 0.3 is 6.18 Å². The minimum absolute atomic E-state index is 0.226. The first kappa shape index (κ1) is 16.5. The van der Waals surface area contributed by atoms with Crippen LogP contribution in [0.5, 0.6) is 5.75 Å². The predicted molar refractivity (Wildman–Crippen MR) is 73.5 cm³/mol. The number of benzene rings is 1. The Hall–Kier alpha value is -2.82. The number of nitrogens with one attached hydrogen (secondary N) is 1. The quantitative estimate of drug-likeness (QED) is 0.860. The minimum Gasteiger partial charge on any atom is -0.497 e. The number of rotatable bonds is 2. The van der Waals surface area contributed by atoms with E-state index in [1.54, 1.807) is 6.07 Å². The van der Waals surface area contributed by atoms with E-state index in [2.05, 4.69) is 4.98 Å². The smallest absolute Gasteiger partial charge is 0.419 e. The van der Waals surface area contributed by atoms with E-state index in [0.717, 1.165) is 13.2 Å². The molecule has 1 aromatic carbocycles. The molecule has 0 atom stereocenters. The second-order valence-corrected chi connectivity index (χ2v) is 4.72. The molecule has 0 radical (unpaired) electrons. The molecule has 0 aliphatic carbocycles. The molecule has 2 aromatic rings. The monoisotopic (exact) mass is 326 g/mol. The Balaban J connectivity index is 2.90. The summed E-state index contributed by atoms with van der Waals surface area (Å²) in [5.74, 6) is -1.81. The summed E-state index contributed by atoms with van der Waals surface area (Å²) in [4.78, 5) is 14.1. The van der Waals surface area contributed by atoms with E-state index < -0.39 is 34.2 Å². The van der Waals surface area contributed by atoms with Crippen molar-refractivity contribution in [3.63, 3.8) is 0 Å². The second kappa shape index (κ2) is 5.76. The fourth-order valence-corrected chi connectivity index (χ4v) is 2.13. The highest BCUT2D eigenvalue weighted by Gasteiger charge is 2.36. The summed E-state index contributed by atoms with van der Waals surface area (Å²) in [5, 5.41) is 9.05. The topological polar surface area (TPSA) is 65.9 Å². The Bertz CT molecular complexity index is 863. The van der Waals surface area contributed by atoms with Gasteiger partial charge in [-0.25, -0.2) is 4.39 Å². The van der Waals surface area contributed by atoms with Gasteiger partial charge < -0.3 is 9.72 Å². The number of alkyl halides is 3. The summed E-state index contributed by atoms with van der Waals surface area (Å²) in [7, 11) is 1.13. The van der Waals surface area contributed by atoms with Crippen molar-refractivity contribution in [1.82, 2.24) is 4.98 Å². The number of hydrogen-bond acceptors (Lipinski definition) is 3. The molecular formula is C15H10F4N2O2. The Morgan fingerprint density at radius 2 is 1.87 bits per heavy atom. The van der Waals surface area contributed by atoms with Crippen molar-refractivity contribution in [2.75, 3.05) is 7.11 Å². The van der Waals surface area contributed by atoms with E-state index in [0.29, 0.717) is 6.07 Å². The minimum atomic E-state index is -4.95. The largest absolute Gasteiger partial charge is 0.497 e. The van der Waals surface area contributed by atoms with Crippen molar-refractivity contribution >= 4 is 0 Å². The lowest BCUT2D eigenvalue weighted by Gasteiger charge is -2.14. The molecule has 0 bridgehead atoms. The molecule has 23 heavy (non-hydrogen) atoms. The molecule has 0 spiro atoms.